The van der Waals surface area contributed by atoms with Crippen molar-refractivity contribution in [1.29, 1.82) is 0 Å². The lowest BCUT2D eigenvalue weighted by Gasteiger charge is -2.39. The van der Waals surface area contributed by atoms with Crippen LogP contribution in [-0.4, -0.2) is 36.7 Å². The van der Waals surface area contributed by atoms with Gasteiger partial charge in [0.15, 0.2) is 0 Å². The second-order valence-electron chi connectivity index (χ2n) is 13.6. The molecule has 6 heteroatoms. The number of ether oxygens (including phenoxy) is 3. The summed E-state index contributed by atoms with van der Waals surface area (Å²) in [5.74, 6) is -1.06. The first-order valence-electron chi connectivity index (χ1n) is 19.1. The number of unbranched alkanes of at least 4 members (excludes halogenated alkanes) is 8. The molecule has 0 N–H and O–H groups in total. The lowest BCUT2D eigenvalue weighted by atomic mass is 9.75. The average Bonchev–Trinajstić information content (AvgIpc) is 3.04. The molecule has 0 aromatic heterocycles. The highest BCUT2D eigenvalue weighted by molar-refractivity contribution is 5.92. The Morgan fingerprint density at radius 2 is 1.18 bits per heavy atom. The Morgan fingerprint density at radius 1 is 0.667 bits per heavy atom. The number of carbonyl (C=O) groups is 3. The number of hydrogen-bond donors (Lipinski definition) is 0. The van der Waals surface area contributed by atoms with Crippen LogP contribution in [0.4, 0.5) is 0 Å². The molecule has 45 heavy (non-hydrogen) atoms. The standard InChI is InChI=1S/C39H70O6/c1-6-11-15-25-33(23-8-3)27-17-13-21-31-43-37(41)35-29-19-20-30-39(35,45-36(40)10-5)38(42)44-32-22-14-18-28-34(24-9-4)26-16-12-7-2/h10,33-35H,5-9,11-32H2,1-4H3. The Balaban J connectivity index is 2.62. The van der Waals surface area contributed by atoms with Crippen molar-refractivity contribution >= 4 is 17.9 Å². The van der Waals surface area contributed by atoms with Crippen LogP contribution < -0.4 is 0 Å². The molecule has 6 nitrogen and oxygen atoms in total. The summed E-state index contributed by atoms with van der Waals surface area (Å²) in [6.45, 7) is 13.1. The van der Waals surface area contributed by atoms with Gasteiger partial charge in [0.25, 0.3) is 0 Å². The second kappa shape index (κ2) is 26.2. The predicted octanol–water partition coefficient (Wildman–Crippen LogP) is 10.8. The molecular weight excluding hydrogens is 564 g/mol. The molecule has 1 aliphatic carbocycles. The molecule has 262 valence electrons. The van der Waals surface area contributed by atoms with Gasteiger partial charge in [-0.15, -0.1) is 0 Å². The number of hydrogen-bond acceptors (Lipinski definition) is 6. The Morgan fingerprint density at radius 3 is 1.67 bits per heavy atom. The number of esters is 3. The molecule has 1 fully saturated rings. The minimum atomic E-state index is -1.64. The van der Waals surface area contributed by atoms with E-state index in [9.17, 15) is 14.4 Å². The molecule has 0 aromatic carbocycles. The van der Waals surface area contributed by atoms with Crippen LogP contribution in [0.2, 0.25) is 0 Å². The predicted molar refractivity (Wildman–Crippen MR) is 185 cm³/mol. The van der Waals surface area contributed by atoms with Crippen LogP contribution in [0.3, 0.4) is 0 Å². The van der Waals surface area contributed by atoms with E-state index in [1.54, 1.807) is 0 Å². The normalized spacial score (nSPS) is 19.4. The fourth-order valence-corrected chi connectivity index (χ4v) is 7.11. The van der Waals surface area contributed by atoms with Crippen molar-refractivity contribution in [3.05, 3.63) is 12.7 Å². The molecule has 4 unspecified atom stereocenters. The topological polar surface area (TPSA) is 78.9 Å². The van der Waals surface area contributed by atoms with Gasteiger partial charge in [0.1, 0.15) is 5.92 Å². The third kappa shape index (κ3) is 17.0. The zero-order chi connectivity index (χ0) is 33.2. The van der Waals surface area contributed by atoms with Crippen LogP contribution in [0.15, 0.2) is 12.7 Å². The minimum absolute atomic E-state index is 0.262. The van der Waals surface area contributed by atoms with Crippen LogP contribution >= 0.6 is 0 Å². The van der Waals surface area contributed by atoms with Crippen molar-refractivity contribution in [3.63, 3.8) is 0 Å². The summed E-state index contributed by atoms with van der Waals surface area (Å²) >= 11 is 0. The lowest BCUT2D eigenvalue weighted by molar-refractivity contribution is -0.198. The maximum Gasteiger partial charge on any atom is 0.351 e. The van der Waals surface area contributed by atoms with Crippen LogP contribution in [0, 0.1) is 17.8 Å². The van der Waals surface area contributed by atoms with Gasteiger partial charge in [-0.2, -0.15) is 0 Å². The van der Waals surface area contributed by atoms with Crippen molar-refractivity contribution in [2.75, 3.05) is 13.2 Å². The molecule has 0 aliphatic heterocycles. The Bertz CT molecular complexity index is 794. The van der Waals surface area contributed by atoms with Gasteiger partial charge in [-0.25, -0.2) is 9.59 Å². The monoisotopic (exact) mass is 635 g/mol. The van der Waals surface area contributed by atoms with Gasteiger partial charge in [-0.3, -0.25) is 4.79 Å². The van der Waals surface area contributed by atoms with Crippen LogP contribution in [0.1, 0.15) is 182 Å². The van der Waals surface area contributed by atoms with Crippen LogP contribution in [0.25, 0.3) is 0 Å². The van der Waals surface area contributed by atoms with E-state index in [1.165, 1.54) is 89.9 Å². The first-order valence-corrected chi connectivity index (χ1v) is 19.1. The first-order chi connectivity index (χ1) is 21.9. The third-order valence-electron chi connectivity index (χ3n) is 9.75. The highest BCUT2D eigenvalue weighted by Gasteiger charge is 2.55. The van der Waals surface area contributed by atoms with Crippen molar-refractivity contribution < 1.29 is 28.6 Å². The molecule has 0 bridgehead atoms. The zero-order valence-electron chi connectivity index (χ0n) is 29.9. The van der Waals surface area contributed by atoms with Gasteiger partial charge in [0, 0.05) is 6.08 Å². The van der Waals surface area contributed by atoms with Crippen LogP contribution in [0.5, 0.6) is 0 Å². The maximum atomic E-state index is 13.5. The largest absolute Gasteiger partial charge is 0.465 e. The van der Waals surface area contributed by atoms with E-state index in [0.29, 0.717) is 19.4 Å². The second-order valence-corrected chi connectivity index (χ2v) is 13.6. The third-order valence-corrected chi connectivity index (χ3v) is 9.75. The Kier molecular flexibility index (Phi) is 24.0. The van der Waals surface area contributed by atoms with Crippen molar-refractivity contribution in [1.82, 2.24) is 0 Å². The fourth-order valence-electron chi connectivity index (χ4n) is 7.11. The summed E-state index contributed by atoms with van der Waals surface area (Å²) in [4.78, 5) is 39.3. The summed E-state index contributed by atoms with van der Waals surface area (Å²) in [5.41, 5.74) is -1.64. The maximum absolute atomic E-state index is 13.5. The first kappa shape index (κ1) is 41.2. The van der Waals surface area contributed by atoms with E-state index >= 15 is 0 Å². The van der Waals surface area contributed by atoms with Gasteiger partial charge >= 0.3 is 17.9 Å². The summed E-state index contributed by atoms with van der Waals surface area (Å²) < 4.78 is 17.1. The van der Waals surface area contributed by atoms with E-state index in [2.05, 4.69) is 34.3 Å². The molecule has 1 rings (SSSR count). The van der Waals surface area contributed by atoms with E-state index in [-0.39, 0.29) is 13.0 Å². The van der Waals surface area contributed by atoms with Crippen molar-refractivity contribution in [3.8, 4) is 0 Å². The molecule has 0 aromatic rings. The molecule has 1 saturated carbocycles. The fraction of sp³-hybridized carbons (Fsp3) is 0.872. The van der Waals surface area contributed by atoms with E-state index in [1.807, 2.05) is 0 Å². The number of carbonyl (C=O) groups excluding carboxylic acids is 3. The van der Waals surface area contributed by atoms with Gasteiger partial charge < -0.3 is 14.2 Å². The molecule has 1 aliphatic rings. The SMILES string of the molecule is C=CC(=O)OC1(C(=O)OCCCCCC(CCC)CCCCC)CCCCC1C(=O)OCCCCCC(CCC)CCCCC. The van der Waals surface area contributed by atoms with E-state index in [0.717, 1.165) is 62.9 Å². The summed E-state index contributed by atoms with van der Waals surface area (Å²) in [6, 6.07) is 0. The molecule has 0 amide bonds. The summed E-state index contributed by atoms with van der Waals surface area (Å²) in [6.07, 6.45) is 26.9. The molecule has 0 saturated heterocycles. The number of rotatable bonds is 28. The average molecular weight is 635 g/mol. The lowest BCUT2D eigenvalue weighted by Crippen LogP contribution is -2.55. The molecule has 0 spiro atoms. The van der Waals surface area contributed by atoms with E-state index in [4.69, 9.17) is 14.2 Å². The molecule has 0 heterocycles. The highest BCUT2D eigenvalue weighted by Crippen LogP contribution is 2.39. The minimum Gasteiger partial charge on any atom is -0.465 e. The smallest absolute Gasteiger partial charge is 0.351 e. The van der Waals surface area contributed by atoms with Crippen LogP contribution in [-0.2, 0) is 28.6 Å². The van der Waals surface area contributed by atoms with Gasteiger partial charge in [-0.05, 0) is 43.9 Å². The summed E-state index contributed by atoms with van der Waals surface area (Å²) in [7, 11) is 0. The van der Waals surface area contributed by atoms with Gasteiger partial charge in [0.2, 0.25) is 5.60 Å². The van der Waals surface area contributed by atoms with Crippen molar-refractivity contribution in [2.45, 2.75) is 187 Å². The van der Waals surface area contributed by atoms with Crippen molar-refractivity contribution in [2.24, 2.45) is 17.8 Å². The highest BCUT2D eigenvalue weighted by atomic mass is 16.6. The van der Waals surface area contributed by atoms with Gasteiger partial charge in [0.05, 0.1) is 13.2 Å². The molecule has 4 atom stereocenters. The van der Waals surface area contributed by atoms with Gasteiger partial charge in [-0.1, -0.05) is 156 Å². The quantitative estimate of drug-likeness (QED) is 0.0369. The molecule has 0 radical (unpaired) electrons. The Hall–Kier alpha value is -1.85. The van der Waals surface area contributed by atoms with E-state index < -0.39 is 29.4 Å². The summed E-state index contributed by atoms with van der Waals surface area (Å²) in [5, 5.41) is 0. The molecular formula is C39H70O6. The zero-order valence-corrected chi connectivity index (χ0v) is 29.9. The Labute approximate surface area is 277 Å².